The second-order valence-electron chi connectivity index (χ2n) is 5.47. The highest BCUT2D eigenvalue weighted by Gasteiger charge is 2.23. The van der Waals surface area contributed by atoms with Crippen molar-refractivity contribution >= 4 is 11.4 Å². The van der Waals surface area contributed by atoms with Crippen LogP contribution in [0.15, 0.2) is 18.2 Å². The quantitative estimate of drug-likeness (QED) is 0.644. The standard InChI is InChI=1S/C13H21N3O2/c1-10-5-6-11(16(17)18)12(7-10)15(4)9-13(2,3)8-14/h5-7H,8-9,14H2,1-4H3. The van der Waals surface area contributed by atoms with Crippen molar-refractivity contribution in [3.05, 3.63) is 33.9 Å². The van der Waals surface area contributed by atoms with Crippen molar-refractivity contribution in [2.75, 3.05) is 25.0 Å². The molecule has 0 spiro atoms. The fourth-order valence-corrected chi connectivity index (χ4v) is 1.89. The molecule has 0 heterocycles. The summed E-state index contributed by atoms with van der Waals surface area (Å²) in [6.07, 6.45) is 0. The van der Waals surface area contributed by atoms with Crippen LogP contribution in [-0.2, 0) is 0 Å². The van der Waals surface area contributed by atoms with Crippen molar-refractivity contribution in [1.82, 2.24) is 0 Å². The van der Waals surface area contributed by atoms with Gasteiger partial charge in [0, 0.05) is 19.7 Å². The Balaban J connectivity index is 3.07. The smallest absolute Gasteiger partial charge is 0.292 e. The zero-order valence-electron chi connectivity index (χ0n) is 11.4. The second kappa shape index (κ2) is 5.35. The highest BCUT2D eigenvalue weighted by molar-refractivity contribution is 5.64. The summed E-state index contributed by atoms with van der Waals surface area (Å²) >= 11 is 0. The van der Waals surface area contributed by atoms with Crippen LogP contribution in [0.1, 0.15) is 19.4 Å². The maximum absolute atomic E-state index is 11.0. The summed E-state index contributed by atoms with van der Waals surface area (Å²) in [5, 5.41) is 11.0. The minimum atomic E-state index is -0.347. The van der Waals surface area contributed by atoms with E-state index in [0.717, 1.165) is 5.56 Å². The van der Waals surface area contributed by atoms with E-state index in [1.807, 2.05) is 38.8 Å². The predicted octanol–water partition coefficient (Wildman–Crippen LogP) is 2.32. The molecule has 5 nitrogen and oxygen atoms in total. The summed E-state index contributed by atoms with van der Waals surface area (Å²) in [5.74, 6) is 0. The minimum absolute atomic E-state index is 0.0770. The van der Waals surface area contributed by atoms with Gasteiger partial charge in [-0.15, -0.1) is 0 Å². The molecule has 1 aromatic carbocycles. The van der Waals surface area contributed by atoms with E-state index in [4.69, 9.17) is 5.73 Å². The lowest BCUT2D eigenvalue weighted by Gasteiger charge is -2.30. The molecule has 5 heteroatoms. The van der Waals surface area contributed by atoms with E-state index in [1.54, 1.807) is 12.1 Å². The fourth-order valence-electron chi connectivity index (χ4n) is 1.89. The number of nitrogens with two attached hydrogens (primary N) is 1. The van der Waals surface area contributed by atoms with Gasteiger partial charge in [-0.25, -0.2) is 0 Å². The Morgan fingerprint density at radius 2 is 2.06 bits per heavy atom. The first-order valence-electron chi connectivity index (χ1n) is 5.93. The average Bonchev–Trinajstić information content (AvgIpc) is 2.28. The molecule has 100 valence electrons. The molecule has 1 rings (SSSR count). The first kappa shape index (κ1) is 14.4. The van der Waals surface area contributed by atoms with Crippen LogP contribution in [0.4, 0.5) is 11.4 Å². The van der Waals surface area contributed by atoms with E-state index < -0.39 is 0 Å². The van der Waals surface area contributed by atoms with E-state index in [0.29, 0.717) is 18.8 Å². The Morgan fingerprint density at radius 3 is 2.56 bits per heavy atom. The maximum Gasteiger partial charge on any atom is 0.292 e. The summed E-state index contributed by atoms with van der Waals surface area (Å²) in [5.41, 5.74) is 7.41. The van der Waals surface area contributed by atoms with Crippen molar-refractivity contribution < 1.29 is 4.92 Å². The lowest BCUT2D eigenvalue weighted by Crippen LogP contribution is -2.37. The van der Waals surface area contributed by atoms with Crippen LogP contribution in [-0.4, -0.2) is 25.1 Å². The molecule has 2 N–H and O–H groups in total. The molecule has 0 fully saturated rings. The monoisotopic (exact) mass is 251 g/mol. The van der Waals surface area contributed by atoms with Gasteiger partial charge in [-0.05, 0) is 30.5 Å². The Bertz CT molecular complexity index is 444. The van der Waals surface area contributed by atoms with Crippen LogP contribution in [0.5, 0.6) is 0 Å². The molecule has 0 aliphatic heterocycles. The van der Waals surface area contributed by atoms with Gasteiger partial charge in [0.1, 0.15) is 5.69 Å². The molecule has 0 saturated heterocycles. The molecule has 1 aromatic rings. The van der Waals surface area contributed by atoms with Gasteiger partial charge in [0.05, 0.1) is 4.92 Å². The van der Waals surface area contributed by atoms with E-state index in [-0.39, 0.29) is 16.0 Å². The van der Waals surface area contributed by atoms with E-state index in [2.05, 4.69) is 0 Å². The molecule has 0 aliphatic carbocycles. The Morgan fingerprint density at radius 1 is 1.44 bits per heavy atom. The topological polar surface area (TPSA) is 72.4 Å². The molecule has 0 atom stereocenters. The fraction of sp³-hybridized carbons (Fsp3) is 0.538. The van der Waals surface area contributed by atoms with Gasteiger partial charge in [0.15, 0.2) is 0 Å². The minimum Gasteiger partial charge on any atom is -0.368 e. The lowest BCUT2D eigenvalue weighted by molar-refractivity contribution is -0.384. The van der Waals surface area contributed by atoms with Gasteiger partial charge in [-0.1, -0.05) is 19.9 Å². The summed E-state index contributed by atoms with van der Waals surface area (Å²) < 4.78 is 0. The number of rotatable bonds is 5. The van der Waals surface area contributed by atoms with Gasteiger partial charge in [0.25, 0.3) is 5.69 Å². The molecular weight excluding hydrogens is 230 g/mol. The number of nitro groups is 1. The number of benzene rings is 1. The van der Waals surface area contributed by atoms with Crippen LogP contribution < -0.4 is 10.6 Å². The predicted molar refractivity (Wildman–Crippen MR) is 73.9 cm³/mol. The highest BCUT2D eigenvalue weighted by Crippen LogP contribution is 2.30. The normalized spacial score (nSPS) is 11.4. The highest BCUT2D eigenvalue weighted by atomic mass is 16.6. The molecule has 0 bridgehead atoms. The number of aryl methyl sites for hydroxylation is 1. The number of hydrogen-bond acceptors (Lipinski definition) is 4. The zero-order chi connectivity index (χ0) is 13.9. The van der Waals surface area contributed by atoms with Crippen LogP contribution in [0.25, 0.3) is 0 Å². The number of anilines is 1. The van der Waals surface area contributed by atoms with Gasteiger partial charge in [-0.3, -0.25) is 10.1 Å². The Kier molecular flexibility index (Phi) is 4.29. The molecule has 0 saturated carbocycles. The molecular formula is C13H21N3O2. The third kappa shape index (κ3) is 3.43. The number of nitrogens with zero attached hydrogens (tertiary/aromatic N) is 2. The Hall–Kier alpha value is -1.62. The van der Waals surface area contributed by atoms with E-state index in [1.165, 1.54) is 0 Å². The van der Waals surface area contributed by atoms with Crippen molar-refractivity contribution in [3.8, 4) is 0 Å². The van der Waals surface area contributed by atoms with Crippen LogP contribution in [0.3, 0.4) is 0 Å². The van der Waals surface area contributed by atoms with Crippen LogP contribution >= 0.6 is 0 Å². The number of hydrogen-bond donors (Lipinski definition) is 1. The largest absolute Gasteiger partial charge is 0.368 e. The van der Waals surface area contributed by atoms with Crippen molar-refractivity contribution in [2.24, 2.45) is 11.1 Å². The zero-order valence-corrected chi connectivity index (χ0v) is 11.4. The molecule has 0 unspecified atom stereocenters. The molecule has 0 radical (unpaired) electrons. The molecule has 0 aliphatic rings. The van der Waals surface area contributed by atoms with Gasteiger partial charge in [-0.2, -0.15) is 0 Å². The summed E-state index contributed by atoms with van der Waals surface area (Å²) in [4.78, 5) is 12.6. The molecule has 0 aromatic heterocycles. The summed E-state index contributed by atoms with van der Waals surface area (Å²) in [7, 11) is 1.86. The first-order chi connectivity index (χ1) is 8.26. The van der Waals surface area contributed by atoms with E-state index in [9.17, 15) is 10.1 Å². The first-order valence-corrected chi connectivity index (χ1v) is 5.93. The third-order valence-electron chi connectivity index (χ3n) is 2.96. The third-order valence-corrected chi connectivity index (χ3v) is 2.96. The Labute approximate surface area is 108 Å². The maximum atomic E-state index is 11.0. The number of nitro benzene ring substituents is 1. The molecule has 18 heavy (non-hydrogen) atoms. The second-order valence-corrected chi connectivity index (χ2v) is 5.47. The van der Waals surface area contributed by atoms with Crippen LogP contribution in [0.2, 0.25) is 0 Å². The van der Waals surface area contributed by atoms with Crippen molar-refractivity contribution in [3.63, 3.8) is 0 Å². The van der Waals surface area contributed by atoms with E-state index >= 15 is 0 Å². The summed E-state index contributed by atoms with van der Waals surface area (Å²) in [6, 6.07) is 5.14. The average molecular weight is 251 g/mol. The lowest BCUT2D eigenvalue weighted by atomic mass is 9.93. The van der Waals surface area contributed by atoms with Crippen LogP contribution in [0, 0.1) is 22.5 Å². The molecule has 0 amide bonds. The van der Waals surface area contributed by atoms with Gasteiger partial charge in [0.2, 0.25) is 0 Å². The van der Waals surface area contributed by atoms with Crippen molar-refractivity contribution in [1.29, 1.82) is 0 Å². The van der Waals surface area contributed by atoms with Gasteiger partial charge < -0.3 is 10.6 Å². The SMILES string of the molecule is Cc1ccc([N+](=O)[O-])c(N(C)CC(C)(C)CN)c1. The summed E-state index contributed by atoms with van der Waals surface area (Å²) in [6.45, 7) is 7.23. The van der Waals surface area contributed by atoms with Crippen molar-refractivity contribution in [2.45, 2.75) is 20.8 Å². The van der Waals surface area contributed by atoms with Gasteiger partial charge >= 0.3 is 0 Å².